The molecule has 0 aliphatic carbocycles. The van der Waals surface area contributed by atoms with Crippen molar-refractivity contribution in [2.24, 2.45) is 0 Å². The van der Waals surface area contributed by atoms with Crippen LogP contribution in [-0.4, -0.2) is 70.1 Å². The van der Waals surface area contributed by atoms with E-state index in [9.17, 15) is 97.4 Å². The molecule has 0 N–H and O–H groups in total. The fraction of sp³-hybridized carbons (Fsp3) is 0.833. The second-order valence-corrected chi connectivity index (χ2v) is 7.28. The summed E-state index contributed by atoms with van der Waals surface area (Å²) in [6, 6.07) is 0. The van der Waals surface area contributed by atoms with Crippen molar-refractivity contribution >= 4 is 35.1 Å². The Hall–Kier alpha value is -1.88. The maximum Gasteiger partial charge on any atom is 0.431 e. The first-order valence-electron chi connectivity index (χ1n) is 7.64. The molecule has 0 fully saturated rings. The minimum atomic E-state index is -8.13. The van der Waals surface area contributed by atoms with Crippen molar-refractivity contribution < 1.29 is 107 Å². The van der Waals surface area contributed by atoms with E-state index in [1.54, 1.807) is 0 Å². The molecule has 0 radical (unpaired) electrons. The van der Waals surface area contributed by atoms with Gasteiger partial charge in [-0.05, 0) is 23.2 Å². The molecule has 0 bridgehead atoms. The number of hydrogen-bond acceptors (Lipinski definition) is 4. The van der Waals surface area contributed by atoms with Gasteiger partial charge in [0, 0.05) is 0 Å². The molecule has 0 aromatic carbocycles. The van der Waals surface area contributed by atoms with Gasteiger partial charge in [-0.1, -0.05) is 0 Å². The van der Waals surface area contributed by atoms with Crippen LogP contribution >= 0.6 is 23.2 Å². The summed E-state index contributed by atoms with van der Waals surface area (Å²) in [5.74, 6) is -72.8. The van der Waals surface area contributed by atoms with Crippen molar-refractivity contribution in [2.45, 2.75) is 58.1 Å². The summed E-state index contributed by atoms with van der Waals surface area (Å²) >= 11 is 6.77. The lowest BCUT2D eigenvalue weighted by Gasteiger charge is -2.37. The Bertz CT molecular complexity index is 846. The fourth-order valence-corrected chi connectivity index (χ4v) is 1.82. The van der Waals surface area contributed by atoms with Crippen molar-refractivity contribution in [1.29, 1.82) is 0 Å². The largest absolute Gasteiger partial charge is 0.431 e. The minimum absolute atomic E-state index is 1.96. The maximum atomic E-state index is 13.3. The van der Waals surface area contributed by atoms with Gasteiger partial charge in [0.05, 0.1) is 0 Å². The molecule has 4 nitrogen and oxygen atoms in total. The Kier molecular flexibility index (Phi) is 8.89. The monoisotopic (exact) mass is 658 g/mol. The van der Waals surface area contributed by atoms with Gasteiger partial charge < -0.3 is 0 Å². The number of hydrogen-bond donors (Lipinski definition) is 0. The average molecular weight is 659 g/mol. The zero-order chi connectivity index (χ0) is 31.6. The standard InChI is InChI=1S/C12Cl2F20O4/c13-11(31,32)9(27,28)7(23,24)5(19,20)3(15,16)1(35)37-38-2(36)4(17,18)6(21,22)8(25,26)10(29,30)12(14,33)34. The fourth-order valence-electron chi connectivity index (χ4n) is 1.58. The summed E-state index contributed by atoms with van der Waals surface area (Å²) in [5, 5.41) is -13.6. The van der Waals surface area contributed by atoms with Crippen molar-refractivity contribution in [3.63, 3.8) is 0 Å². The number of carbonyl (C=O) groups is 2. The Labute approximate surface area is 201 Å². The van der Waals surface area contributed by atoms with Gasteiger partial charge in [0.15, 0.2) is 0 Å². The Morgan fingerprint density at radius 2 is 0.553 bits per heavy atom. The van der Waals surface area contributed by atoms with E-state index in [4.69, 9.17) is 0 Å². The summed E-state index contributed by atoms with van der Waals surface area (Å²) < 4.78 is 259. The first-order valence-corrected chi connectivity index (χ1v) is 8.40. The van der Waals surface area contributed by atoms with E-state index in [1.807, 2.05) is 9.78 Å². The lowest BCUT2D eigenvalue weighted by atomic mass is 9.98. The Balaban J connectivity index is 6.17. The first-order chi connectivity index (χ1) is 16.0. The average Bonchev–Trinajstić information content (AvgIpc) is 2.68. The van der Waals surface area contributed by atoms with Crippen LogP contribution in [0.2, 0.25) is 0 Å². The molecule has 0 spiro atoms. The predicted octanol–water partition coefficient (Wildman–Crippen LogP) is 6.73. The van der Waals surface area contributed by atoms with E-state index in [0.717, 1.165) is 0 Å². The van der Waals surface area contributed by atoms with Crippen LogP contribution in [0, 0.1) is 0 Å². The molecule has 0 atom stereocenters. The highest BCUT2D eigenvalue weighted by Gasteiger charge is 2.90. The molecule has 0 rings (SSSR count). The lowest BCUT2D eigenvalue weighted by Crippen LogP contribution is -2.68. The molecule has 0 aliphatic rings. The summed E-state index contributed by atoms with van der Waals surface area (Å²) in [5.41, 5.74) is 0. The van der Waals surface area contributed by atoms with Crippen LogP contribution in [-0.2, 0) is 19.4 Å². The van der Waals surface area contributed by atoms with Gasteiger partial charge in [-0.3, -0.25) is 0 Å². The van der Waals surface area contributed by atoms with Crippen molar-refractivity contribution in [1.82, 2.24) is 0 Å². The third-order valence-electron chi connectivity index (χ3n) is 3.78. The van der Waals surface area contributed by atoms with Gasteiger partial charge in [-0.25, -0.2) is 19.4 Å². The van der Waals surface area contributed by atoms with Crippen molar-refractivity contribution in [3.8, 4) is 0 Å². The first kappa shape index (κ1) is 36.1. The van der Waals surface area contributed by atoms with Crippen LogP contribution in [0.1, 0.15) is 0 Å². The zero-order valence-corrected chi connectivity index (χ0v) is 17.5. The Morgan fingerprint density at radius 3 is 0.711 bits per heavy atom. The third-order valence-corrected chi connectivity index (χ3v) is 4.26. The van der Waals surface area contributed by atoms with Gasteiger partial charge in [0.2, 0.25) is 0 Å². The molecule has 0 saturated carbocycles. The molecule has 38 heavy (non-hydrogen) atoms. The van der Waals surface area contributed by atoms with E-state index in [1.165, 1.54) is 0 Å². The van der Waals surface area contributed by atoms with E-state index in [-0.39, 0.29) is 0 Å². The smallest absolute Gasteiger partial charge is 0.240 e. The number of halogens is 22. The third kappa shape index (κ3) is 4.93. The van der Waals surface area contributed by atoms with Crippen molar-refractivity contribution in [3.05, 3.63) is 0 Å². The molecule has 0 heterocycles. The number of rotatable bonds is 10. The van der Waals surface area contributed by atoms with Gasteiger partial charge in [-0.2, -0.15) is 87.8 Å². The van der Waals surface area contributed by atoms with Crippen LogP contribution in [0.15, 0.2) is 0 Å². The molecule has 226 valence electrons. The predicted molar refractivity (Wildman–Crippen MR) is 73.4 cm³/mol. The van der Waals surface area contributed by atoms with Crippen LogP contribution in [0.3, 0.4) is 0 Å². The van der Waals surface area contributed by atoms with E-state index in [2.05, 4.69) is 23.2 Å². The van der Waals surface area contributed by atoms with E-state index in [0.29, 0.717) is 0 Å². The zero-order valence-electron chi connectivity index (χ0n) is 15.9. The SMILES string of the molecule is O=C(OOC(=O)C(F)(F)C(F)(F)C(F)(F)C(F)(F)C(F)(F)Cl)C(F)(F)C(F)(F)C(F)(F)C(F)(F)C(F)(F)Cl. The minimum Gasteiger partial charge on any atom is -0.240 e. The van der Waals surface area contributed by atoms with Gasteiger partial charge in [0.1, 0.15) is 0 Å². The van der Waals surface area contributed by atoms with E-state index >= 15 is 0 Å². The highest BCUT2D eigenvalue weighted by atomic mass is 35.5. The molecule has 0 unspecified atom stereocenters. The van der Waals surface area contributed by atoms with Crippen molar-refractivity contribution in [2.75, 3.05) is 0 Å². The van der Waals surface area contributed by atoms with Crippen LogP contribution in [0.4, 0.5) is 87.8 Å². The van der Waals surface area contributed by atoms with E-state index < -0.39 is 70.1 Å². The van der Waals surface area contributed by atoms with Gasteiger partial charge in [0.25, 0.3) is 0 Å². The normalized spacial score (nSPS) is 15.8. The van der Waals surface area contributed by atoms with Crippen LogP contribution in [0.25, 0.3) is 0 Å². The Morgan fingerprint density at radius 1 is 0.368 bits per heavy atom. The summed E-state index contributed by atoms with van der Waals surface area (Å²) in [6.07, 6.45) is 0. The summed E-state index contributed by atoms with van der Waals surface area (Å²) in [6.45, 7) is 0. The molecule has 0 amide bonds. The van der Waals surface area contributed by atoms with Gasteiger partial charge in [-0.15, -0.1) is 0 Å². The highest BCUT2D eigenvalue weighted by Crippen LogP contribution is 2.59. The summed E-state index contributed by atoms with van der Waals surface area (Å²) in [4.78, 5) is 25.4. The molecule has 0 aromatic rings. The topological polar surface area (TPSA) is 52.6 Å². The second kappa shape index (κ2) is 9.35. The maximum absolute atomic E-state index is 13.3. The number of alkyl halides is 22. The highest BCUT2D eigenvalue weighted by molar-refractivity contribution is 6.22. The molecular weight excluding hydrogens is 659 g/mol. The quantitative estimate of drug-likeness (QED) is 0.113. The number of carbonyl (C=O) groups excluding carboxylic acids is 2. The molecule has 0 aromatic heterocycles. The second-order valence-electron chi connectivity index (χ2n) is 6.33. The summed E-state index contributed by atoms with van der Waals surface area (Å²) in [7, 11) is 0. The molecule has 0 saturated heterocycles. The van der Waals surface area contributed by atoms with Gasteiger partial charge >= 0.3 is 70.1 Å². The molecule has 0 aliphatic heterocycles. The van der Waals surface area contributed by atoms with Crippen LogP contribution < -0.4 is 0 Å². The molecule has 26 heteroatoms. The van der Waals surface area contributed by atoms with Crippen LogP contribution in [0.5, 0.6) is 0 Å². The molecular formula is C12Cl2F20O4. The lowest BCUT2D eigenvalue weighted by molar-refractivity contribution is -0.396.